The summed E-state index contributed by atoms with van der Waals surface area (Å²) in [6.07, 6.45) is 0.516. The zero-order valence-electron chi connectivity index (χ0n) is 14.6. The minimum atomic E-state index is -3.00. The minimum absolute atomic E-state index is 0.197. The van der Waals surface area contributed by atoms with E-state index in [4.69, 9.17) is 4.74 Å². The molecule has 0 saturated carbocycles. The van der Waals surface area contributed by atoms with Crippen molar-refractivity contribution in [2.45, 2.75) is 49.4 Å². The first-order chi connectivity index (χ1) is 11.6. The maximum absolute atomic E-state index is 14.6. The minimum Gasteiger partial charge on any atom is -0.444 e. The normalized spacial score (nSPS) is 16.6. The van der Waals surface area contributed by atoms with Gasteiger partial charge in [-0.2, -0.15) is 8.78 Å². The highest BCUT2D eigenvalue weighted by molar-refractivity contribution is 8.00. The number of thioether (sulfide) groups is 1. The Kier molecular flexibility index (Phi) is 6.08. The van der Waals surface area contributed by atoms with Crippen molar-refractivity contribution in [1.82, 2.24) is 4.90 Å². The van der Waals surface area contributed by atoms with E-state index in [1.807, 2.05) is 0 Å². The summed E-state index contributed by atoms with van der Waals surface area (Å²) in [6, 6.07) is 6.33. The Balaban J connectivity index is 1.97. The highest BCUT2D eigenvalue weighted by Gasteiger charge is 2.43. The number of nitrogens with zero attached hydrogens (tertiary/aromatic N) is 1. The summed E-state index contributed by atoms with van der Waals surface area (Å²) >= 11 is 0.424. The number of alkyl halides is 2. The van der Waals surface area contributed by atoms with Gasteiger partial charge in [-0.25, -0.2) is 4.79 Å². The van der Waals surface area contributed by atoms with Crippen LogP contribution >= 0.6 is 11.8 Å². The molecule has 0 unspecified atom stereocenters. The molecule has 1 fully saturated rings. The van der Waals surface area contributed by atoms with E-state index in [9.17, 15) is 18.4 Å². The number of rotatable bonds is 4. The fraction of sp³-hybridized carbons (Fsp3) is 0.556. The van der Waals surface area contributed by atoms with Crippen LogP contribution in [0.3, 0.4) is 0 Å². The fourth-order valence-electron chi connectivity index (χ4n) is 2.63. The summed E-state index contributed by atoms with van der Waals surface area (Å²) in [5.41, 5.74) is -0.343. The van der Waals surface area contributed by atoms with Gasteiger partial charge in [0.2, 0.25) is 0 Å². The van der Waals surface area contributed by atoms with Crippen LogP contribution in [-0.2, 0) is 4.74 Å². The second kappa shape index (κ2) is 7.72. The van der Waals surface area contributed by atoms with Crippen molar-refractivity contribution in [2.24, 2.45) is 5.92 Å². The molecule has 1 heterocycles. The van der Waals surface area contributed by atoms with E-state index in [0.717, 1.165) is 0 Å². The molecule has 0 atom stereocenters. The molecule has 138 valence electrons. The van der Waals surface area contributed by atoms with Crippen LogP contribution in [0.4, 0.5) is 13.6 Å². The molecule has 1 amide bonds. The molecule has 7 heteroatoms. The van der Waals surface area contributed by atoms with Gasteiger partial charge in [0.15, 0.2) is 6.29 Å². The molecule has 25 heavy (non-hydrogen) atoms. The first-order valence-corrected chi connectivity index (χ1v) is 9.03. The van der Waals surface area contributed by atoms with Crippen LogP contribution in [0.5, 0.6) is 0 Å². The number of piperidine rings is 1. The van der Waals surface area contributed by atoms with Crippen LogP contribution in [0.25, 0.3) is 0 Å². The van der Waals surface area contributed by atoms with E-state index < -0.39 is 22.9 Å². The van der Waals surface area contributed by atoms with Gasteiger partial charge in [0.1, 0.15) is 5.60 Å². The van der Waals surface area contributed by atoms with Gasteiger partial charge in [-0.05, 0) is 39.7 Å². The van der Waals surface area contributed by atoms with Crippen LogP contribution in [0.1, 0.15) is 44.0 Å². The Bertz CT molecular complexity index is 623. The predicted octanol–water partition coefficient (Wildman–Crippen LogP) is 4.83. The molecule has 2 rings (SSSR count). The Morgan fingerprint density at radius 2 is 1.84 bits per heavy atom. The number of benzene rings is 1. The van der Waals surface area contributed by atoms with Gasteiger partial charge in [0.25, 0.3) is 0 Å². The fourth-order valence-corrected chi connectivity index (χ4v) is 3.70. The number of hydrogen-bond acceptors (Lipinski definition) is 4. The van der Waals surface area contributed by atoms with Crippen molar-refractivity contribution in [2.75, 3.05) is 13.1 Å². The third kappa shape index (κ3) is 5.42. The van der Waals surface area contributed by atoms with Gasteiger partial charge >= 0.3 is 11.3 Å². The van der Waals surface area contributed by atoms with Crippen LogP contribution in [0.15, 0.2) is 29.2 Å². The van der Waals surface area contributed by atoms with E-state index in [0.29, 0.717) is 18.0 Å². The van der Waals surface area contributed by atoms with E-state index in [-0.39, 0.29) is 36.4 Å². The second-order valence-corrected chi connectivity index (χ2v) is 8.25. The number of likely N-dealkylation sites (tertiary alicyclic amines) is 1. The maximum Gasteiger partial charge on any atom is 0.410 e. The van der Waals surface area contributed by atoms with Crippen LogP contribution in [0.2, 0.25) is 0 Å². The monoisotopic (exact) mass is 371 g/mol. The molecule has 0 radical (unpaired) electrons. The van der Waals surface area contributed by atoms with E-state index in [1.165, 1.54) is 17.0 Å². The Morgan fingerprint density at radius 1 is 1.24 bits per heavy atom. The number of halogens is 2. The molecule has 1 saturated heterocycles. The summed E-state index contributed by atoms with van der Waals surface area (Å²) < 4.78 is 34.5. The van der Waals surface area contributed by atoms with Gasteiger partial charge in [0, 0.05) is 29.5 Å². The number of aldehydes is 1. The highest BCUT2D eigenvalue weighted by atomic mass is 32.2. The van der Waals surface area contributed by atoms with Gasteiger partial charge in [-0.15, -0.1) is 0 Å². The largest absolute Gasteiger partial charge is 0.444 e. The predicted molar refractivity (Wildman–Crippen MR) is 93.2 cm³/mol. The lowest BCUT2D eigenvalue weighted by Gasteiger charge is -2.36. The Hall–Kier alpha value is -1.63. The summed E-state index contributed by atoms with van der Waals surface area (Å²) in [5.74, 6) is -0.851. The van der Waals surface area contributed by atoms with Gasteiger partial charge in [0.05, 0.1) is 0 Å². The number of amides is 1. The molecule has 0 N–H and O–H groups in total. The van der Waals surface area contributed by atoms with E-state index in [2.05, 4.69) is 0 Å². The van der Waals surface area contributed by atoms with Crippen molar-refractivity contribution >= 4 is 24.1 Å². The standard InChI is InChI=1S/C18H23F2NO3S/c1-17(2,3)24-16(23)21-10-8-14(9-11-21)18(19,20)25-15-7-5-4-6-13(15)12-22/h4-7,12,14H,8-11H2,1-3H3. The molecule has 1 aromatic carbocycles. The first kappa shape index (κ1) is 19.7. The summed E-state index contributed by atoms with van der Waals surface area (Å²) in [5, 5.41) is -3.00. The average Bonchev–Trinajstić information content (AvgIpc) is 2.53. The quantitative estimate of drug-likeness (QED) is 0.562. The summed E-state index contributed by atoms with van der Waals surface area (Å²) in [6.45, 7) is 5.79. The number of carbonyl (C=O) groups is 2. The molecule has 1 aliphatic heterocycles. The third-order valence-electron chi connectivity index (χ3n) is 3.91. The van der Waals surface area contributed by atoms with Crippen molar-refractivity contribution in [3.8, 4) is 0 Å². The number of carbonyl (C=O) groups excluding carboxylic acids is 2. The van der Waals surface area contributed by atoms with Gasteiger partial charge in [-0.3, -0.25) is 4.79 Å². The summed E-state index contributed by atoms with van der Waals surface area (Å²) in [7, 11) is 0. The molecule has 1 aliphatic rings. The third-order valence-corrected chi connectivity index (χ3v) is 5.11. The topological polar surface area (TPSA) is 46.6 Å². The molecular formula is C18H23F2NO3S. The molecule has 1 aromatic rings. The zero-order valence-corrected chi connectivity index (χ0v) is 15.4. The van der Waals surface area contributed by atoms with Gasteiger partial charge in [-0.1, -0.05) is 30.0 Å². The molecule has 4 nitrogen and oxygen atoms in total. The van der Waals surface area contributed by atoms with Crippen molar-refractivity contribution in [1.29, 1.82) is 0 Å². The molecule has 0 spiro atoms. The van der Waals surface area contributed by atoms with Crippen molar-refractivity contribution < 1.29 is 23.1 Å². The lowest BCUT2D eigenvalue weighted by molar-refractivity contribution is -0.0125. The van der Waals surface area contributed by atoms with Crippen LogP contribution < -0.4 is 0 Å². The highest BCUT2D eigenvalue weighted by Crippen LogP contribution is 2.46. The lowest BCUT2D eigenvalue weighted by atomic mass is 9.97. The van der Waals surface area contributed by atoms with Crippen LogP contribution in [-0.4, -0.2) is 41.2 Å². The van der Waals surface area contributed by atoms with E-state index >= 15 is 0 Å². The average molecular weight is 371 g/mol. The molecule has 0 aliphatic carbocycles. The van der Waals surface area contributed by atoms with Gasteiger partial charge < -0.3 is 9.64 Å². The first-order valence-electron chi connectivity index (χ1n) is 8.21. The number of ether oxygens (including phenoxy) is 1. The maximum atomic E-state index is 14.6. The Morgan fingerprint density at radius 3 is 2.40 bits per heavy atom. The molecular weight excluding hydrogens is 348 g/mol. The molecule has 0 aromatic heterocycles. The molecule has 0 bridgehead atoms. The SMILES string of the molecule is CC(C)(C)OC(=O)N1CCC(C(F)(F)Sc2ccccc2C=O)CC1. The summed E-state index contributed by atoms with van der Waals surface area (Å²) in [4.78, 5) is 24.8. The lowest BCUT2D eigenvalue weighted by Crippen LogP contribution is -2.44. The van der Waals surface area contributed by atoms with Crippen molar-refractivity contribution in [3.05, 3.63) is 29.8 Å². The van der Waals surface area contributed by atoms with E-state index in [1.54, 1.807) is 32.9 Å². The smallest absolute Gasteiger partial charge is 0.410 e. The second-order valence-electron chi connectivity index (χ2n) is 7.06. The van der Waals surface area contributed by atoms with Crippen LogP contribution in [0, 0.1) is 5.92 Å². The Labute approximate surface area is 150 Å². The van der Waals surface area contributed by atoms with Crippen molar-refractivity contribution in [3.63, 3.8) is 0 Å². The zero-order chi connectivity index (χ0) is 18.7. The number of hydrogen-bond donors (Lipinski definition) is 0.